The van der Waals surface area contributed by atoms with Crippen LogP contribution in [0.5, 0.6) is 5.75 Å². The van der Waals surface area contributed by atoms with Crippen molar-refractivity contribution >= 4 is 40.1 Å². The summed E-state index contributed by atoms with van der Waals surface area (Å²) in [7, 11) is 1.66. The summed E-state index contributed by atoms with van der Waals surface area (Å²) >= 11 is 1.39. The van der Waals surface area contributed by atoms with Gasteiger partial charge in [0.15, 0.2) is 5.16 Å². The quantitative estimate of drug-likeness (QED) is 0.279. The SMILES string of the molecule is COc1ccc(CNc2nc(SCC(=O)N3CCN(c4ccccc4)CC3)nc3ccccc23)cc1. The van der Waals surface area contributed by atoms with Gasteiger partial charge in [0.05, 0.1) is 18.4 Å². The molecule has 0 saturated carbocycles. The van der Waals surface area contributed by atoms with Gasteiger partial charge in [0.25, 0.3) is 0 Å². The molecular formula is C28H29N5O2S. The zero-order valence-corrected chi connectivity index (χ0v) is 21.1. The first-order valence-electron chi connectivity index (χ1n) is 12.0. The second-order valence-corrected chi connectivity index (χ2v) is 9.51. The van der Waals surface area contributed by atoms with Crippen LogP contribution in [0.1, 0.15) is 5.56 Å². The van der Waals surface area contributed by atoms with Crippen molar-refractivity contribution in [2.75, 3.05) is 49.3 Å². The van der Waals surface area contributed by atoms with Crippen molar-refractivity contribution in [1.82, 2.24) is 14.9 Å². The molecule has 1 aromatic heterocycles. The molecule has 0 aliphatic carbocycles. The first kappa shape index (κ1) is 23.9. The second kappa shape index (κ2) is 11.3. The molecule has 2 heterocycles. The van der Waals surface area contributed by atoms with E-state index in [4.69, 9.17) is 14.7 Å². The maximum absolute atomic E-state index is 12.9. The van der Waals surface area contributed by atoms with Crippen LogP contribution in [0.4, 0.5) is 11.5 Å². The Morgan fingerprint density at radius 2 is 1.64 bits per heavy atom. The summed E-state index contributed by atoms with van der Waals surface area (Å²) in [5.74, 6) is 2.04. The number of hydrogen-bond donors (Lipinski definition) is 1. The molecule has 0 unspecified atom stereocenters. The summed E-state index contributed by atoms with van der Waals surface area (Å²) in [6.45, 7) is 3.75. The number of nitrogens with one attached hydrogen (secondary N) is 1. The van der Waals surface area contributed by atoms with E-state index in [1.165, 1.54) is 17.4 Å². The number of piperazine rings is 1. The summed E-state index contributed by atoms with van der Waals surface area (Å²) < 4.78 is 5.24. The summed E-state index contributed by atoms with van der Waals surface area (Å²) in [6.07, 6.45) is 0. The Morgan fingerprint density at radius 1 is 0.917 bits per heavy atom. The number of carbonyl (C=O) groups excluding carboxylic acids is 1. The van der Waals surface area contributed by atoms with Crippen LogP contribution in [0.3, 0.4) is 0 Å². The first-order valence-corrected chi connectivity index (χ1v) is 13.0. The van der Waals surface area contributed by atoms with Gasteiger partial charge in [-0.15, -0.1) is 0 Å². The highest BCUT2D eigenvalue weighted by Crippen LogP contribution is 2.25. The Balaban J connectivity index is 1.21. The monoisotopic (exact) mass is 499 g/mol. The number of carbonyl (C=O) groups is 1. The molecule has 8 heteroatoms. The minimum Gasteiger partial charge on any atom is -0.497 e. The number of amides is 1. The normalized spacial score (nSPS) is 13.6. The topological polar surface area (TPSA) is 70.6 Å². The molecule has 7 nitrogen and oxygen atoms in total. The summed E-state index contributed by atoms with van der Waals surface area (Å²) in [6, 6.07) is 26.2. The zero-order valence-electron chi connectivity index (χ0n) is 20.3. The number of rotatable bonds is 8. The summed E-state index contributed by atoms with van der Waals surface area (Å²) in [5, 5.41) is 5.00. The van der Waals surface area contributed by atoms with Gasteiger partial charge in [-0.05, 0) is 42.0 Å². The molecule has 3 aromatic carbocycles. The number of para-hydroxylation sites is 2. The van der Waals surface area contributed by atoms with Crippen molar-refractivity contribution in [2.24, 2.45) is 0 Å². The highest BCUT2D eigenvalue weighted by Gasteiger charge is 2.21. The number of methoxy groups -OCH3 is 1. The Labute approximate surface area is 215 Å². The molecule has 1 fully saturated rings. The van der Waals surface area contributed by atoms with E-state index >= 15 is 0 Å². The summed E-state index contributed by atoms with van der Waals surface area (Å²) in [5.41, 5.74) is 3.19. The van der Waals surface area contributed by atoms with Crippen LogP contribution in [0.25, 0.3) is 10.9 Å². The number of benzene rings is 3. The van der Waals surface area contributed by atoms with Crippen molar-refractivity contribution < 1.29 is 9.53 Å². The van der Waals surface area contributed by atoms with Gasteiger partial charge < -0.3 is 19.9 Å². The lowest BCUT2D eigenvalue weighted by molar-refractivity contribution is -0.128. The van der Waals surface area contributed by atoms with Crippen LogP contribution in [0.2, 0.25) is 0 Å². The largest absolute Gasteiger partial charge is 0.497 e. The van der Waals surface area contributed by atoms with Crippen molar-refractivity contribution in [2.45, 2.75) is 11.7 Å². The number of hydrogen-bond acceptors (Lipinski definition) is 7. The van der Waals surface area contributed by atoms with E-state index in [-0.39, 0.29) is 5.91 Å². The Bertz CT molecular complexity index is 1310. The Morgan fingerprint density at radius 3 is 2.39 bits per heavy atom. The minimum absolute atomic E-state index is 0.122. The lowest BCUT2D eigenvalue weighted by atomic mass is 10.2. The van der Waals surface area contributed by atoms with Crippen molar-refractivity contribution in [3.8, 4) is 5.75 Å². The van der Waals surface area contributed by atoms with Crippen LogP contribution >= 0.6 is 11.8 Å². The number of ether oxygens (including phenoxy) is 1. The first-order chi connectivity index (χ1) is 17.7. The van der Waals surface area contributed by atoms with Gasteiger partial charge >= 0.3 is 0 Å². The van der Waals surface area contributed by atoms with E-state index in [1.54, 1.807) is 7.11 Å². The molecule has 0 bridgehead atoms. The van der Waals surface area contributed by atoms with Crippen LogP contribution in [0.15, 0.2) is 84.0 Å². The second-order valence-electron chi connectivity index (χ2n) is 8.57. The van der Waals surface area contributed by atoms with Crippen LogP contribution in [-0.4, -0.2) is 59.8 Å². The minimum atomic E-state index is 0.122. The molecular weight excluding hydrogens is 470 g/mol. The maximum Gasteiger partial charge on any atom is 0.233 e. The third-order valence-corrected chi connectivity index (χ3v) is 7.11. The van der Waals surface area contributed by atoms with Gasteiger partial charge in [-0.2, -0.15) is 0 Å². The standard InChI is InChI=1S/C28H29N5O2S/c1-35-23-13-11-21(12-14-23)19-29-27-24-9-5-6-10-25(24)30-28(31-27)36-20-26(34)33-17-15-32(16-18-33)22-7-3-2-4-8-22/h2-14H,15-20H2,1H3,(H,29,30,31). The average Bonchev–Trinajstić information content (AvgIpc) is 2.95. The Kier molecular flexibility index (Phi) is 7.52. The molecule has 1 aliphatic rings. The van der Waals surface area contributed by atoms with Crippen LogP contribution < -0.4 is 15.0 Å². The van der Waals surface area contributed by atoms with Gasteiger partial charge in [0.2, 0.25) is 5.91 Å². The molecule has 1 amide bonds. The molecule has 0 spiro atoms. The Hall–Kier alpha value is -3.78. The van der Waals surface area contributed by atoms with E-state index in [9.17, 15) is 4.79 Å². The third kappa shape index (κ3) is 5.71. The lowest BCUT2D eigenvalue weighted by Gasteiger charge is -2.36. The van der Waals surface area contributed by atoms with Gasteiger partial charge in [-0.1, -0.05) is 54.2 Å². The smallest absolute Gasteiger partial charge is 0.233 e. The van der Waals surface area contributed by atoms with Gasteiger partial charge in [-0.25, -0.2) is 9.97 Å². The molecule has 1 saturated heterocycles. The third-order valence-electron chi connectivity index (χ3n) is 6.28. The zero-order chi connectivity index (χ0) is 24.7. The van der Waals surface area contributed by atoms with E-state index in [1.807, 2.05) is 71.6 Å². The number of anilines is 2. The van der Waals surface area contributed by atoms with Crippen molar-refractivity contribution in [1.29, 1.82) is 0 Å². The highest BCUT2D eigenvalue weighted by molar-refractivity contribution is 7.99. The van der Waals surface area contributed by atoms with E-state index in [2.05, 4.69) is 22.3 Å². The molecule has 0 radical (unpaired) electrons. The van der Waals surface area contributed by atoms with Crippen molar-refractivity contribution in [3.63, 3.8) is 0 Å². The molecule has 4 aromatic rings. The van der Waals surface area contributed by atoms with Crippen LogP contribution in [0, 0.1) is 0 Å². The fraction of sp³-hybridized carbons (Fsp3) is 0.250. The average molecular weight is 500 g/mol. The molecule has 1 N–H and O–H groups in total. The lowest BCUT2D eigenvalue weighted by Crippen LogP contribution is -2.49. The molecule has 184 valence electrons. The van der Waals surface area contributed by atoms with E-state index in [0.717, 1.165) is 54.2 Å². The number of nitrogens with zero attached hydrogens (tertiary/aromatic N) is 4. The molecule has 1 aliphatic heterocycles. The fourth-order valence-corrected chi connectivity index (χ4v) is 5.01. The number of fused-ring (bicyclic) bond motifs is 1. The molecule has 36 heavy (non-hydrogen) atoms. The number of thioether (sulfide) groups is 1. The van der Waals surface area contributed by atoms with Gasteiger partial charge in [-0.3, -0.25) is 4.79 Å². The van der Waals surface area contributed by atoms with Gasteiger partial charge in [0.1, 0.15) is 11.6 Å². The fourth-order valence-electron chi connectivity index (χ4n) is 4.25. The maximum atomic E-state index is 12.9. The van der Waals surface area contributed by atoms with E-state index in [0.29, 0.717) is 17.5 Å². The van der Waals surface area contributed by atoms with E-state index < -0.39 is 0 Å². The van der Waals surface area contributed by atoms with Gasteiger partial charge in [0, 0.05) is 43.8 Å². The van der Waals surface area contributed by atoms with Crippen LogP contribution in [-0.2, 0) is 11.3 Å². The number of aromatic nitrogens is 2. The highest BCUT2D eigenvalue weighted by atomic mass is 32.2. The summed E-state index contributed by atoms with van der Waals surface area (Å²) in [4.78, 5) is 26.6. The predicted molar refractivity (Wildman–Crippen MR) is 146 cm³/mol. The molecule has 0 atom stereocenters. The van der Waals surface area contributed by atoms with Crippen molar-refractivity contribution in [3.05, 3.63) is 84.4 Å². The molecule has 5 rings (SSSR count). The predicted octanol–water partition coefficient (Wildman–Crippen LogP) is 4.69.